The minimum absolute atomic E-state index is 0.0304. The van der Waals surface area contributed by atoms with Crippen molar-refractivity contribution in [3.8, 4) is 23.1 Å². The van der Waals surface area contributed by atoms with Crippen molar-refractivity contribution in [2.45, 2.75) is 32.2 Å². The molecular formula is C20H24N6O4. The number of hydrogen-bond acceptors (Lipinski definition) is 8. The quantitative estimate of drug-likeness (QED) is 0.608. The molecule has 1 atom stereocenters. The SMILES string of the molecule is COc1ccc(C(=O)N2CC[C@@H](n3cc(-c4nc(C(C)C)no4)nn3)C2)cc1OC. The van der Waals surface area contributed by atoms with Crippen molar-refractivity contribution < 1.29 is 18.8 Å². The maximum atomic E-state index is 12.9. The van der Waals surface area contributed by atoms with Gasteiger partial charge in [-0.05, 0) is 24.6 Å². The fourth-order valence-corrected chi connectivity index (χ4v) is 3.42. The summed E-state index contributed by atoms with van der Waals surface area (Å²) in [6, 6.07) is 5.21. The third-order valence-corrected chi connectivity index (χ3v) is 5.14. The Morgan fingerprint density at radius 1 is 1.23 bits per heavy atom. The van der Waals surface area contributed by atoms with Crippen LogP contribution in [-0.2, 0) is 0 Å². The molecule has 0 aliphatic carbocycles. The molecule has 30 heavy (non-hydrogen) atoms. The molecular weight excluding hydrogens is 388 g/mol. The highest BCUT2D eigenvalue weighted by atomic mass is 16.5. The first-order valence-corrected chi connectivity index (χ1v) is 9.77. The van der Waals surface area contributed by atoms with Gasteiger partial charge in [0.25, 0.3) is 11.8 Å². The summed E-state index contributed by atoms with van der Waals surface area (Å²) < 4.78 is 17.6. The predicted octanol–water partition coefficient (Wildman–Crippen LogP) is 2.56. The highest BCUT2D eigenvalue weighted by molar-refractivity contribution is 5.95. The largest absolute Gasteiger partial charge is 0.493 e. The number of hydrogen-bond donors (Lipinski definition) is 0. The predicted molar refractivity (Wildman–Crippen MR) is 107 cm³/mol. The smallest absolute Gasteiger partial charge is 0.280 e. The normalized spacial score (nSPS) is 16.3. The van der Waals surface area contributed by atoms with Crippen LogP contribution in [0, 0.1) is 0 Å². The van der Waals surface area contributed by atoms with Crippen molar-refractivity contribution in [1.29, 1.82) is 0 Å². The molecule has 1 aliphatic heterocycles. The van der Waals surface area contributed by atoms with Crippen molar-refractivity contribution in [3.05, 3.63) is 35.8 Å². The van der Waals surface area contributed by atoms with Gasteiger partial charge in [0.2, 0.25) is 0 Å². The molecule has 0 saturated carbocycles. The number of rotatable bonds is 6. The van der Waals surface area contributed by atoms with Gasteiger partial charge in [0, 0.05) is 24.6 Å². The van der Waals surface area contributed by atoms with Gasteiger partial charge in [-0.15, -0.1) is 5.10 Å². The second-order valence-electron chi connectivity index (χ2n) is 7.46. The van der Waals surface area contributed by atoms with Gasteiger partial charge in [-0.25, -0.2) is 4.68 Å². The van der Waals surface area contributed by atoms with E-state index < -0.39 is 0 Å². The van der Waals surface area contributed by atoms with Crippen LogP contribution in [0.2, 0.25) is 0 Å². The van der Waals surface area contributed by atoms with E-state index in [2.05, 4.69) is 20.5 Å². The van der Waals surface area contributed by atoms with E-state index in [-0.39, 0.29) is 17.9 Å². The molecule has 0 unspecified atom stereocenters. The van der Waals surface area contributed by atoms with Gasteiger partial charge >= 0.3 is 0 Å². The van der Waals surface area contributed by atoms with Crippen LogP contribution < -0.4 is 9.47 Å². The first kappa shape index (κ1) is 19.9. The second kappa shape index (κ2) is 8.13. The maximum absolute atomic E-state index is 12.9. The molecule has 2 aromatic heterocycles. The molecule has 0 N–H and O–H groups in total. The Bertz CT molecular complexity index is 1040. The van der Waals surface area contributed by atoms with Gasteiger partial charge in [0.15, 0.2) is 23.0 Å². The molecule has 0 radical (unpaired) electrons. The number of aromatic nitrogens is 5. The van der Waals surface area contributed by atoms with Gasteiger partial charge < -0.3 is 18.9 Å². The minimum atomic E-state index is -0.0581. The molecule has 1 fully saturated rings. The third kappa shape index (κ3) is 3.72. The van der Waals surface area contributed by atoms with Crippen LogP contribution in [0.5, 0.6) is 11.5 Å². The van der Waals surface area contributed by atoms with Gasteiger partial charge in [0.1, 0.15) is 0 Å². The Balaban J connectivity index is 1.45. The van der Waals surface area contributed by atoms with Crippen LogP contribution in [0.1, 0.15) is 48.4 Å². The summed E-state index contributed by atoms with van der Waals surface area (Å²) in [5, 5.41) is 12.3. The zero-order chi connectivity index (χ0) is 21.3. The number of ether oxygens (including phenoxy) is 2. The minimum Gasteiger partial charge on any atom is -0.493 e. The molecule has 1 aromatic carbocycles. The van der Waals surface area contributed by atoms with Gasteiger partial charge in [-0.1, -0.05) is 24.2 Å². The average Bonchev–Trinajstić information content (AvgIpc) is 3.51. The van der Waals surface area contributed by atoms with Crippen LogP contribution in [0.15, 0.2) is 28.9 Å². The Morgan fingerprint density at radius 3 is 2.73 bits per heavy atom. The summed E-state index contributed by atoms with van der Waals surface area (Å²) >= 11 is 0. The van der Waals surface area contributed by atoms with E-state index in [1.54, 1.807) is 48.2 Å². The number of nitrogens with zero attached hydrogens (tertiary/aromatic N) is 6. The van der Waals surface area contributed by atoms with Crippen molar-refractivity contribution in [3.63, 3.8) is 0 Å². The molecule has 4 rings (SSSR count). The number of methoxy groups -OCH3 is 2. The average molecular weight is 412 g/mol. The maximum Gasteiger partial charge on any atom is 0.280 e. The van der Waals surface area contributed by atoms with Gasteiger partial charge in [-0.3, -0.25) is 4.79 Å². The topological polar surface area (TPSA) is 108 Å². The second-order valence-corrected chi connectivity index (χ2v) is 7.46. The van der Waals surface area contributed by atoms with E-state index in [0.29, 0.717) is 47.6 Å². The molecule has 0 spiro atoms. The molecule has 1 saturated heterocycles. The molecule has 1 aliphatic rings. The molecule has 10 heteroatoms. The summed E-state index contributed by atoms with van der Waals surface area (Å²) in [5.74, 6) is 2.21. The lowest BCUT2D eigenvalue weighted by Gasteiger charge is -2.17. The van der Waals surface area contributed by atoms with E-state index in [1.807, 2.05) is 13.8 Å². The van der Waals surface area contributed by atoms with Crippen molar-refractivity contribution >= 4 is 5.91 Å². The first-order valence-electron chi connectivity index (χ1n) is 9.77. The Kier molecular flexibility index (Phi) is 5.39. The highest BCUT2D eigenvalue weighted by Crippen LogP contribution is 2.30. The standard InChI is InChI=1S/C20H24N6O4/c1-12(2)18-21-19(30-23-18)15-11-26(24-22-15)14-7-8-25(10-14)20(27)13-5-6-16(28-3)17(9-13)29-4/h5-6,9,11-12,14H,7-8,10H2,1-4H3/t14-/m1/s1. The van der Waals surface area contributed by atoms with Gasteiger partial charge in [0.05, 0.1) is 26.5 Å². The molecule has 10 nitrogen and oxygen atoms in total. The zero-order valence-corrected chi connectivity index (χ0v) is 17.4. The lowest BCUT2D eigenvalue weighted by molar-refractivity contribution is 0.0786. The van der Waals surface area contributed by atoms with E-state index in [4.69, 9.17) is 14.0 Å². The van der Waals surface area contributed by atoms with Crippen molar-refractivity contribution in [2.75, 3.05) is 27.3 Å². The zero-order valence-electron chi connectivity index (χ0n) is 17.4. The summed E-state index contributed by atoms with van der Waals surface area (Å²) in [5.41, 5.74) is 1.08. The Labute approximate surface area is 173 Å². The van der Waals surface area contributed by atoms with Crippen LogP contribution in [0.25, 0.3) is 11.6 Å². The Hall–Kier alpha value is -3.43. The van der Waals surface area contributed by atoms with E-state index in [9.17, 15) is 4.79 Å². The molecule has 3 heterocycles. The van der Waals surface area contributed by atoms with Crippen molar-refractivity contribution in [1.82, 2.24) is 30.0 Å². The third-order valence-electron chi connectivity index (χ3n) is 5.14. The number of amides is 1. The molecule has 158 valence electrons. The lowest BCUT2D eigenvalue weighted by atomic mass is 10.1. The summed E-state index contributed by atoms with van der Waals surface area (Å²) in [7, 11) is 3.11. The number of benzene rings is 1. The van der Waals surface area contributed by atoms with Crippen LogP contribution in [-0.4, -0.2) is 63.3 Å². The molecule has 3 aromatic rings. The van der Waals surface area contributed by atoms with Crippen molar-refractivity contribution in [2.24, 2.45) is 0 Å². The monoisotopic (exact) mass is 412 g/mol. The van der Waals surface area contributed by atoms with E-state index >= 15 is 0 Å². The summed E-state index contributed by atoms with van der Waals surface area (Å²) in [4.78, 5) is 19.1. The number of carbonyl (C=O) groups excluding carboxylic acids is 1. The summed E-state index contributed by atoms with van der Waals surface area (Å²) in [6.45, 7) is 5.16. The van der Waals surface area contributed by atoms with Crippen LogP contribution in [0.3, 0.4) is 0 Å². The summed E-state index contributed by atoms with van der Waals surface area (Å²) in [6.07, 6.45) is 2.57. The fraction of sp³-hybridized carbons (Fsp3) is 0.450. The lowest BCUT2D eigenvalue weighted by Crippen LogP contribution is -2.29. The van der Waals surface area contributed by atoms with Crippen LogP contribution >= 0.6 is 0 Å². The van der Waals surface area contributed by atoms with E-state index in [0.717, 1.165) is 6.42 Å². The van der Waals surface area contributed by atoms with Gasteiger partial charge in [-0.2, -0.15) is 4.98 Å². The highest BCUT2D eigenvalue weighted by Gasteiger charge is 2.30. The van der Waals surface area contributed by atoms with E-state index in [1.165, 1.54) is 0 Å². The molecule has 0 bridgehead atoms. The number of carbonyl (C=O) groups is 1. The molecule has 1 amide bonds. The Morgan fingerprint density at radius 2 is 2.03 bits per heavy atom. The van der Waals surface area contributed by atoms with Crippen LogP contribution in [0.4, 0.5) is 0 Å². The fourth-order valence-electron chi connectivity index (χ4n) is 3.42. The first-order chi connectivity index (χ1) is 14.5. The number of likely N-dealkylation sites (tertiary alicyclic amines) is 1.